The molecule has 0 saturated carbocycles. The Kier molecular flexibility index (Phi) is 4.80. The van der Waals surface area contributed by atoms with Crippen LogP contribution >= 0.6 is 11.3 Å². The van der Waals surface area contributed by atoms with Crippen LogP contribution in [0.25, 0.3) is 0 Å². The predicted molar refractivity (Wildman–Crippen MR) is 81.1 cm³/mol. The molecule has 0 spiro atoms. The molecule has 1 aliphatic heterocycles. The molecule has 0 atom stereocenters. The van der Waals surface area contributed by atoms with Crippen LogP contribution in [0, 0.1) is 10.1 Å². The molecule has 0 bridgehead atoms. The molecule has 1 amide bonds. The molecule has 0 N–H and O–H groups in total. The molecular formula is C11H16N4O5S2. The second-order valence-electron chi connectivity index (χ2n) is 4.88. The van der Waals surface area contributed by atoms with Crippen molar-refractivity contribution >= 4 is 32.5 Å². The molecule has 122 valence electrons. The van der Waals surface area contributed by atoms with Crippen molar-refractivity contribution in [1.82, 2.24) is 13.5 Å². The van der Waals surface area contributed by atoms with Gasteiger partial charge >= 0.3 is 5.00 Å². The first-order valence-corrected chi connectivity index (χ1v) is 8.66. The fraction of sp³-hybridized carbons (Fsp3) is 0.545. The van der Waals surface area contributed by atoms with Crippen LogP contribution in [0.2, 0.25) is 0 Å². The molecule has 0 unspecified atom stereocenters. The summed E-state index contributed by atoms with van der Waals surface area (Å²) < 4.78 is 26.4. The third-order valence-electron chi connectivity index (χ3n) is 3.30. The second-order valence-corrected chi connectivity index (χ2v) is 8.08. The van der Waals surface area contributed by atoms with Crippen LogP contribution in [0.4, 0.5) is 5.00 Å². The number of nitro groups is 1. The van der Waals surface area contributed by atoms with Crippen LogP contribution in [0.15, 0.2) is 12.1 Å². The van der Waals surface area contributed by atoms with E-state index < -0.39 is 15.1 Å². The van der Waals surface area contributed by atoms with Gasteiger partial charge in [-0.2, -0.15) is 17.0 Å². The number of carbonyl (C=O) groups is 1. The molecule has 11 heteroatoms. The van der Waals surface area contributed by atoms with Gasteiger partial charge in [-0.25, -0.2) is 0 Å². The highest BCUT2D eigenvalue weighted by Gasteiger charge is 2.31. The van der Waals surface area contributed by atoms with Crippen molar-refractivity contribution in [1.29, 1.82) is 0 Å². The zero-order valence-electron chi connectivity index (χ0n) is 12.1. The minimum atomic E-state index is -3.48. The molecule has 1 fully saturated rings. The summed E-state index contributed by atoms with van der Waals surface area (Å²) in [7, 11) is -0.567. The highest BCUT2D eigenvalue weighted by molar-refractivity contribution is 7.86. The standard InChI is InChI=1S/C11H16N4O5S2/c1-12(2)22(19,20)14-7-5-13(6-8-14)11(16)9-3-4-10(21-9)15(17)18/h3-4H,5-8H2,1-2H3. The largest absolute Gasteiger partial charge is 0.335 e. The number of nitrogens with zero attached hydrogens (tertiary/aromatic N) is 4. The van der Waals surface area contributed by atoms with E-state index in [1.165, 1.54) is 35.4 Å². The van der Waals surface area contributed by atoms with Gasteiger partial charge in [0.05, 0.1) is 9.80 Å². The van der Waals surface area contributed by atoms with E-state index >= 15 is 0 Å². The van der Waals surface area contributed by atoms with E-state index in [9.17, 15) is 23.3 Å². The average Bonchev–Trinajstić information content (AvgIpc) is 2.96. The van der Waals surface area contributed by atoms with E-state index in [0.29, 0.717) is 0 Å². The molecule has 0 aromatic carbocycles. The van der Waals surface area contributed by atoms with Gasteiger partial charge in [0.25, 0.3) is 16.1 Å². The van der Waals surface area contributed by atoms with Gasteiger partial charge in [-0.1, -0.05) is 11.3 Å². The summed E-state index contributed by atoms with van der Waals surface area (Å²) in [4.78, 5) is 24.2. The number of hydrogen-bond donors (Lipinski definition) is 0. The third-order valence-corrected chi connectivity index (χ3v) is 6.26. The van der Waals surface area contributed by atoms with Gasteiger partial charge in [0.2, 0.25) is 0 Å². The summed E-state index contributed by atoms with van der Waals surface area (Å²) in [5, 5.41) is 10.6. The average molecular weight is 348 g/mol. The van der Waals surface area contributed by atoms with Crippen molar-refractivity contribution in [2.45, 2.75) is 0 Å². The Bertz CT molecular complexity index is 676. The van der Waals surface area contributed by atoms with Crippen LogP contribution in [0.3, 0.4) is 0 Å². The summed E-state index contributed by atoms with van der Waals surface area (Å²) in [6.07, 6.45) is 0. The first-order valence-electron chi connectivity index (χ1n) is 6.44. The lowest BCUT2D eigenvalue weighted by atomic mass is 10.3. The maximum Gasteiger partial charge on any atom is 0.324 e. The molecule has 1 saturated heterocycles. The Labute approximate surface area is 132 Å². The van der Waals surface area contributed by atoms with Crippen LogP contribution in [0.1, 0.15) is 9.67 Å². The van der Waals surface area contributed by atoms with E-state index in [1.807, 2.05) is 0 Å². The number of rotatable bonds is 4. The molecule has 1 aromatic heterocycles. The van der Waals surface area contributed by atoms with Gasteiger partial charge in [0.15, 0.2) is 0 Å². The number of thiophene rings is 1. The zero-order valence-corrected chi connectivity index (χ0v) is 13.8. The normalized spacial score (nSPS) is 17.0. The van der Waals surface area contributed by atoms with E-state index in [1.54, 1.807) is 0 Å². The van der Waals surface area contributed by atoms with Gasteiger partial charge in [-0.15, -0.1) is 0 Å². The molecule has 0 aliphatic carbocycles. The summed E-state index contributed by atoms with van der Waals surface area (Å²) in [5.41, 5.74) is 0. The quantitative estimate of drug-likeness (QED) is 0.572. The first-order chi connectivity index (χ1) is 10.2. The number of hydrogen-bond acceptors (Lipinski definition) is 6. The highest BCUT2D eigenvalue weighted by atomic mass is 32.2. The lowest BCUT2D eigenvalue weighted by Gasteiger charge is -2.34. The Morgan fingerprint density at radius 1 is 1.27 bits per heavy atom. The molecule has 22 heavy (non-hydrogen) atoms. The second kappa shape index (κ2) is 6.28. The maximum atomic E-state index is 12.3. The number of piperazine rings is 1. The van der Waals surface area contributed by atoms with E-state index in [-0.39, 0.29) is 42.0 Å². The molecule has 2 rings (SSSR count). The van der Waals surface area contributed by atoms with E-state index in [0.717, 1.165) is 15.6 Å². The first kappa shape index (κ1) is 16.8. The Morgan fingerprint density at radius 3 is 2.32 bits per heavy atom. The summed E-state index contributed by atoms with van der Waals surface area (Å²) in [5.74, 6) is -0.306. The summed E-state index contributed by atoms with van der Waals surface area (Å²) in [6.45, 7) is 0.939. The molecule has 1 aromatic rings. The molecular weight excluding hydrogens is 332 g/mol. The minimum absolute atomic E-state index is 0.0860. The lowest BCUT2D eigenvalue weighted by Crippen LogP contribution is -2.52. The van der Waals surface area contributed by atoms with Crippen molar-refractivity contribution < 1.29 is 18.1 Å². The molecule has 0 radical (unpaired) electrons. The van der Waals surface area contributed by atoms with Crippen molar-refractivity contribution in [2.75, 3.05) is 40.3 Å². The predicted octanol–water partition coefficient (Wildman–Crippen LogP) is 0.221. The summed E-state index contributed by atoms with van der Waals surface area (Å²) >= 11 is 0.824. The van der Waals surface area contributed by atoms with Crippen molar-refractivity contribution in [3.05, 3.63) is 27.1 Å². The minimum Gasteiger partial charge on any atom is -0.335 e. The van der Waals surface area contributed by atoms with Gasteiger partial charge in [-0.3, -0.25) is 14.9 Å². The fourth-order valence-electron chi connectivity index (χ4n) is 2.05. The highest BCUT2D eigenvalue weighted by Crippen LogP contribution is 2.25. The van der Waals surface area contributed by atoms with Gasteiger partial charge < -0.3 is 4.90 Å². The SMILES string of the molecule is CN(C)S(=O)(=O)N1CCN(C(=O)c2ccc([N+](=O)[O-])s2)CC1. The smallest absolute Gasteiger partial charge is 0.324 e. The van der Waals surface area contributed by atoms with Crippen LogP contribution < -0.4 is 0 Å². The fourth-order valence-corrected chi connectivity index (χ4v) is 3.92. The Morgan fingerprint density at radius 2 is 1.86 bits per heavy atom. The topological polar surface area (TPSA) is 104 Å². The van der Waals surface area contributed by atoms with Gasteiger partial charge in [-0.05, 0) is 6.07 Å². The van der Waals surface area contributed by atoms with Gasteiger partial charge in [0.1, 0.15) is 0 Å². The zero-order chi connectivity index (χ0) is 16.5. The maximum absolute atomic E-state index is 12.3. The van der Waals surface area contributed by atoms with E-state index in [4.69, 9.17) is 0 Å². The lowest BCUT2D eigenvalue weighted by molar-refractivity contribution is -0.380. The van der Waals surface area contributed by atoms with Crippen molar-refractivity contribution in [3.63, 3.8) is 0 Å². The number of carbonyl (C=O) groups excluding carboxylic acids is 1. The molecule has 2 heterocycles. The van der Waals surface area contributed by atoms with Crippen LogP contribution in [-0.4, -0.2) is 73.0 Å². The Balaban J connectivity index is 2.02. The van der Waals surface area contributed by atoms with Crippen molar-refractivity contribution in [2.24, 2.45) is 0 Å². The van der Waals surface area contributed by atoms with Crippen molar-refractivity contribution in [3.8, 4) is 0 Å². The monoisotopic (exact) mass is 348 g/mol. The Hall–Kier alpha value is -1.56. The van der Waals surface area contributed by atoms with E-state index in [2.05, 4.69) is 0 Å². The molecule has 9 nitrogen and oxygen atoms in total. The number of amides is 1. The summed E-state index contributed by atoms with van der Waals surface area (Å²) in [6, 6.07) is 2.72. The van der Waals surface area contributed by atoms with Crippen LogP contribution in [0.5, 0.6) is 0 Å². The van der Waals surface area contributed by atoms with Crippen LogP contribution in [-0.2, 0) is 10.2 Å². The van der Waals surface area contributed by atoms with Gasteiger partial charge in [0, 0.05) is 46.3 Å². The molecule has 1 aliphatic rings. The third kappa shape index (κ3) is 3.27.